The highest BCUT2D eigenvalue weighted by atomic mass is 16.3. The van der Waals surface area contributed by atoms with Crippen LogP contribution in [0.25, 0.3) is 0 Å². The zero-order valence-corrected chi connectivity index (χ0v) is 9.69. The molecule has 1 N–H and O–H groups in total. The number of aromatic nitrogens is 2. The van der Waals surface area contributed by atoms with Crippen LogP contribution in [-0.4, -0.2) is 26.8 Å². The summed E-state index contributed by atoms with van der Waals surface area (Å²) in [6.07, 6.45) is 0.589. The van der Waals surface area contributed by atoms with Crippen molar-refractivity contribution in [2.75, 3.05) is 0 Å². The largest absolute Gasteiger partial charge is 0.384 e. The Morgan fingerprint density at radius 3 is 2.67 bits per heavy atom. The van der Waals surface area contributed by atoms with Gasteiger partial charge in [-0.25, -0.2) is 0 Å². The first-order chi connectivity index (χ1) is 6.88. The maximum Gasteiger partial charge on any atom is 0.209 e. The first-order valence-corrected chi connectivity index (χ1v) is 5.12. The minimum absolute atomic E-state index is 0.262. The van der Waals surface area contributed by atoms with Gasteiger partial charge in [0.1, 0.15) is 11.8 Å². The van der Waals surface area contributed by atoms with Crippen LogP contribution in [0.4, 0.5) is 0 Å². The Balaban J connectivity index is 2.95. The van der Waals surface area contributed by atoms with Crippen LogP contribution in [0.1, 0.15) is 38.2 Å². The van der Waals surface area contributed by atoms with Gasteiger partial charge in [-0.2, -0.15) is 5.10 Å². The molecule has 0 aliphatic heterocycles. The number of carbonyl (C=O) groups excluding carboxylic acids is 1. The summed E-state index contributed by atoms with van der Waals surface area (Å²) >= 11 is 0. The Hall–Kier alpha value is -1.16. The van der Waals surface area contributed by atoms with E-state index in [1.54, 1.807) is 16.9 Å². The Morgan fingerprint density at radius 1 is 1.60 bits per heavy atom. The second-order valence-corrected chi connectivity index (χ2v) is 4.67. The number of carbonyl (C=O) groups is 1. The van der Waals surface area contributed by atoms with Gasteiger partial charge in [-0.1, -0.05) is 20.8 Å². The summed E-state index contributed by atoms with van der Waals surface area (Å²) in [5.74, 6) is -0.262. The lowest BCUT2D eigenvalue weighted by atomic mass is 9.86. The SMILES string of the molecule is CCn1nccc1C(=O)C(O)C(C)(C)C. The monoisotopic (exact) mass is 210 g/mol. The van der Waals surface area contributed by atoms with Crippen LogP contribution in [0.15, 0.2) is 12.3 Å². The molecule has 1 atom stereocenters. The zero-order chi connectivity index (χ0) is 11.6. The molecule has 4 heteroatoms. The number of ketones is 1. The Morgan fingerprint density at radius 2 is 2.20 bits per heavy atom. The second kappa shape index (κ2) is 4.14. The number of aryl methyl sites for hydroxylation is 1. The third-order valence-electron chi connectivity index (χ3n) is 2.34. The van der Waals surface area contributed by atoms with Gasteiger partial charge >= 0.3 is 0 Å². The normalized spacial score (nSPS) is 13.9. The van der Waals surface area contributed by atoms with Crippen LogP contribution >= 0.6 is 0 Å². The van der Waals surface area contributed by atoms with E-state index in [1.165, 1.54) is 0 Å². The minimum Gasteiger partial charge on any atom is -0.384 e. The van der Waals surface area contributed by atoms with Crippen molar-refractivity contribution in [2.24, 2.45) is 5.41 Å². The van der Waals surface area contributed by atoms with Crippen molar-refractivity contribution in [3.05, 3.63) is 18.0 Å². The van der Waals surface area contributed by atoms with Gasteiger partial charge in [0.15, 0.2) is 0 Å². The molecule has 84 valence electrons. The number of nitrogens with zero attached hydrogens (tertiary/aromatic N) is 2. The fraction of sp³-hybridized carbons (Fsp3) is 0.636. The average Bonchev–Trinajstić information content (AvgIpc) is 2.61. The van der Waals surface area contributed by atoms with Crippen molar-refractivity contribution in [1.82, 2.24) is 9.78 Å². The Kier molecular flexibility index (Phi) is 3.29. The van der Waals surface area contributed by atoms with Crippen molar-refractivity contribution in [1.29, 1.82) is 0 Å². The maximum atomic E-state index is 11.9. The molecular formula is C11H18N2O2. The molecule has 4 nitrogen and oxygen atoms in total. The summed E-state index contributed by atoms with van der Waals surface area (Å²) in [5.41, 5.74) is 0.0276. The molecule has 15 heavy (non-hydrogen) atoms. The molecule has 0 saturated carbocycles. The molecule has 0 aliphatic rings. The molecule has 1 heterocycles. The number of hydrogen-bond donors (Lipinski definition) is 1. The number of Topliss-reactive ketones (excluding diaryl/α,β-unsaturated/α-hetero) is 1. The Labute approximate surface area is 89.9 Å². The molecule has 0 spiro atoms. The predicted molar refractivity (Wildman–Crippen MR) is 57.7 cm³/mol. The van der Waals surface area contributed by atoms with E-state index in [0.717, 1.165) is 0 Å². The lowest BCUT2D eigenvalue weighted by molar-refractivity contribution is 0.0432. The third kappa shape index (κ3) is 2.45. The van der Waals surface area contributed by atoms with Crippen molar-refractivity contribution in [3.8, 4) is 0 Å². The van der Waals surface area contributed by atoms with Crippen molar-refractivity contribution in [3.63, 3.8) is 0 Å². The average molecular weight is 210 g/mol. The van der Waals surface area contributed by atoms with Crippen LogP contribution in [0, 0.1) is 5.41 Å². The molecular weight excluding hydrogens is 192 g/mol. The molecule has 0 saturated heterocycles. The van der Waals surface area contributed by atoms with Crippen molar-refractivity contribution in [2.45, 2.75) is 40.3 Å². The van der Waals surface area contributed by atoms with E-state index in [-0.39, 0.29) is 5.78 Å². The summed E-state index contributed by atoms with van der Waals surface area (Å²) < 4.78 is 1.59. The van der Waals surface area contributed by atoms with Crippen LogP contribution in [0.5, 0.6) is 0 Å². The minimum atomic E-state index is -0.987. The summed E-state index contributed by atoms with van der Waals surface area (Å²) in [6, 6.07) is 1.64. The predicted octanol–water partition coefficient (Wildman–Crippen LogP) is 1.49. The van der Waals surface area contributed by atoms with E-state index < -0.39 is 11.5 Å². The van der Waals surface area contributed by atoms with Gasteiger partial charge in [0, 0.05) is 12.7 Å². The smallest absolute Gasteiger partial charge is 0.209 e. The van der Waals surface area contributed by atoms with E-state index in [2.05, 4.69) is 5.10 Å². The Bertz CT molecular complexity index is 350. The van der Waals surface area contributed by atoms with E-state index in [0.29, 0.717) is 12.2 Å². The standard InChI is InChI=1S/C11H18N2O2/c1-5-13-8(6-7-12-13)9(14)10(15)11(2,3)4/h6-7,10,15H,5H2,1-4H3. The summed E-state index contributed by atoms with van der Waals surface area (Å²) in [5, 5.41) is 13.9. The van der Waals surface area contributed by atoms with Gasteiger partial charge in [0.2, 0.25) is 5.78 Å². The van der Waals surface area contributed by atoms with E-state index >= 15 is 0 Å². The number of aliphatic hydroxyl groups excluding tert-OH is 1. The molecule has 1 aromatic heterocycles. The fourth-order valence-electron chi connectivity index (χ4n) is 1.33. The maximum absolute atomic E-state index is 11.9. The summed E-state index contributed by atoms with van der Waals surface area (Å²) in [6.45, 7) is 8.05. The van der Waals surface area contributed by atoms with Gasteiger partial charge in [0.25, 0.3) is 0 Å². The van der Waals surface area contributed by atoms with E-state index in [4.69, 9.17) is 0 Å². The van der Waals surface area contributed by atoms with Crippen molar-refractivity contribution < 1.29 is 9.90 Å². The van der Waals surface area contributed by atoms with Crippen LogP contribution < -0.4 is 0 Å². The quantitative estimate of drug-likeness (QED) is 0.769. The highest BCUT2D eigenvalue weighted by Gasteiger charge is 2.31. The van der Waals surface area contributed by atoms with Crippen LogP contribution in [0.2, 0.25) is 0 Å². The highest BCUT2D eigenvalue weighted by Crippen LogP contribution is 2.22. The van der Waals surface area contributed by atoms with Gasteiger partial charge < -0.3 is 5.11 Å². The highest BCUT2D eigenvalue weighted by molar-refractivity contribution is 5.98. The topological polar surface area (TPSA) is 55.1 Å². The van der Waals surface area contributed by atoms with Gasteiger partial charge in [-0.15, -0.1) is 0 Å². The number of rotatable bonds is 3. The molecule has 0 radical (unpaired) electrons. The number of aliphatic hydroxyl groups is 1. The molecule has 0 amide bonds. The van der Waals surface area contributed by atoms with Gasteiger partial charge in [0.05, 0.1) is 0 Å². The van der Waals surface area contributed by atoms with Crippen LogP contribution in [-0.2, 0) is 6.54 Å². The first-order valence-electron chi connectivity index (χ1n) is 5.12. The molecule has 1 unspecified atom stereocenters. The zero-order valence-electron chi connectivity index (χ0n) is 9.69. The fourth-order valence-corrected chi connectivity index (χ4v) is 1.33. The molecule has 0 fully saturated rings. The second-order valence-electron chi connectivity index (χ2n) is 4.67. The van der Waals surface area contributed by atoms with Gasteiger partial charge in [-0.3, -0.25) is 9.48 Å². The molecule has 1 aromatic rings. The lowest BCUT2D eigenvalue weighted by Crippen LogP contribution is -2.35. The molecule has 1 rings (SSSR count). The van der Waals surface area contributed by atoms with Crippen molar-refractivity contribution >= 4 is 5.78 Å². The molecule has 0 bridgehead atoms. The summed E-state index contributed by atoms with van der Waals surface area (Å²) in [4.78, 5) is 11.9. The van der Waals surface area contributed by atoms with Gasteiger partial charge in [-0.05, 0) is 18.4 Å². The van der Waals surface area contributed by atoms with E-state index in [1.807, 2.05) is 27.7 Å². The summed E-state index contributed by atoms with van der Waals surface area (Å²) in [7, 11) is 0. The molecule has 0 aliphatic carbocycles. The number of hydrogen-bond acceptors (Lipinski definition) is 3. The first kappa shape index (κ1) is 11.9. The third-order valence-corrected chi connectivity index (χ3v) is 2.34. The molecule has 0 aromatic carbocycles. The lowest BCUT2D eigenvalue weighted by Gasteiger charge is -2.24. The van der Waals surface area contributed by atoms with E-state index in [9.17, 15) is 9.90 Å². The van der Waals surface area contributed by atoms with Crippen LogP contribution in [0.3, 0.4) is 0 Å².